The van der Waals surface area contributed by atoms with E-state index in [0.717, 1.165) is 18.6 Å². The van der Waals surface area contributed by atoms with Crippen LogP contribution in [0.3, 0.4) is 0 Å². The van der Waals surface area contributed by atoms with Crippen molar-refractivity contribution in [2.24, 2.45) is 0 Å². The lowest BCUT2D eigenvalue weighted by molar-refractivity contribution is -0.117. The summed E-state index contributed by atoms with van der Waals surface area (Å²) in [7, 11) is 1.59. The molecule has 0 aromatic heterocycles. The Balaban J connectivity index is 2.18. The first-order valence-corrected chi connectivity index (χ1v) is 7.42. The minimum Gasteiger partial charge on any atom is -0.497 e. The third-order valence-electron chi connectivity index (χ3n) is 3.32. The maximum atomic E-state index is 11.9. The summed E-state index contributed by atoms with van der Waals surface area (Å²) in [6.45, 7) is 4.82. The number of unbranched alkanes of at least 4 members (excludes halogenated alkanes) is 1. The van der Waals surface area contributed by atoms with E-state index in [1.807, 2.05) is 6.92 Å². The largest absolute Gasteiger partial charge is 0.497 e. The van der Waals surface area contributed by atoms with Crippen molar-refractivity contribution in [3.05, 3.63) is 41.5 Å². The number of carbonyl (C=O) groups is 2. The lowest BCUT2D eigenvalue weighted by atomic mass is 10.2. The number of benzene rings is 1. The summed E-state index contributed by atoms with van der Waals surface area (Å²) >= 11 is 0. The van der Waals surface area contributed by atoms with Gasteiger partial charge < -0.3 is 15.4 Å². The summed E-state index contributed by atoms with van der Waals surface area (Å²) < 4.78 is 5.05. The zero-order valence-electron chi connectivity index (χ0n) is 13.4. The molecule has 5 heteroatoms. The van der Waals surface area contributed by atoms with Gasteiger partial charge >= 0.3 is 0 Å². The van der Waals surface area contributed by atoms with Crippen LogP contribution < -0.4 is 15.4 Å². The van der Waals surface area contributed by atoms with Gasteiger partial charge in [-0.1, -0.05) is 6.08 Å². The van der Waals surface area contributed by atoms with Crippen LogP contribution >= 0.6 is 0 Å². The van der Waals surface area contributed by atoms with Crippen LogP contribution in [0.1, 0.15) is 37.0 Å². The van der Waals surface area contributed by atoms with Gasteiger partial charge in [0.05, 0.1) is 7.11 Å². The van der Waals surface area contributed by atoms with Gasteiger partial charge in [-0.3, -0.25) is 9.59 Å². The topological polar surface area (TPSA) is 67.4 Å². The molecule has 0 saturated heterocycles. The van der Waals surface area contributed by atoms with Crippen molar-refractivity contribution in [3.8, 4) is 5.75 Å². The van der Waals surface area contributed by atoms with Gasteiger partial charge in [0.15, 0.2) is 0 Å². The Morgan fingerprint density at radius 1 is 1.09 bits per heavy atom. The molecule has 0 heterocycles. The molecule has 120 valence electrons. The molecule has 0 fully saturated rings. The number of amides is 2. The van der Waals surface area contributed by atoms with E-state index in [2.05, 4.69) is 10.6 Å². The Labute approximate surface area is 131 Å². The van der Waals surface area contributed by atoms with Gasteiger partial charge in [0.25, 0.3) is 5.91 Å². The van der Waals surface area contributed by atoms with Gasteiger partial charge in [0.2, 0.25) is 5.91 Å². The Kier molecular flexibility index (Phi) is 7.75. The minimum absolute atomic E-state index is 0.0373. The van der Waals surface area contributed by atoms with E-state index in [0.29, 0.717) is 24.2 Å². The van der Waals surface area contributed by atoms with Crippen LogP contribution in [0.4, 0.5) is 0 Å². The molecule has 0 atom stereocenters. The van der Waals surface area contributed by atoms with Crippen LogP contribution in [-0.2, 0) is 4.79 Å². The van der Waals surface area contributed by atoms with Gasteiger partial charge in [0.1, 0.15) is 5.75 Å². The number of carbonyl (C=O) groups excluding carboxylic acids is 2. The monoisotopic (exact) mass is 304 g/mol. The van der Waals surface area contributed by atoms with E-state index in [1.165, 1.54) is 0 Å². The predicted octanol–water partition coefficient (Wildman–Crippen LogP) is 2.29. The number of hydrogen-bond acceptors (Lipinski definition) is 3. The zero-order valence-corrected chi connectivity index (χ0v) is 13.4. The summed E-state index contributed by atoms with van der Waals surface area (Å²) in [5, 5.41) is 5.69. The second-order valence-electron chi connectivity index (χ2n) is 4.92. The normalized spacial score (nSPS) is 11.0. The van der Waals surface area contributed by atoms with Crippen molar-refractivity contribution in [2.75, 3.05) is 20.2 Å². The molecule has 0 saturated carbocycles. The van der Waals surface area contributed by atoms with Crippen molar-refractivity contribution < 1.29 is 14.3 Å². The summed E-state index contributed by atoms with van der Waals surface area (Å²) in [5.74, 6) is 0.588. The molecule has 0 bridgehead atoms. The molecule has 0 aliphatic heterocycles. The van der Waals surface area contributed by atoms with Gasteiger partial charge in [-0.25, -0.2) is 0 Å². The molecule has 0 aliphatic carbocycles. The predicted molar refractivity (Wildman–Crippen MR) is 87.0 cm³/mol. The second kappa shape index (κ2) is 9.60. The number of nitrogens with one attached hydrogen (secondary N) is 2. The van der Waals surface area contributed by atoms with Crippen LogP contribution in [0.25, 0.3) is 0 Å². The minimum atomic E-state index is -0.101. The van der Waals surface area contributed by atoms with Crippen molar-refractivity contribution in [1.29, 1.82) is 0 Å². The number of ether oxygens (including phenoxy) is 1. The maximum absolute atomic E-state index is 11.9. The zero-order chi connectivity index (χ0) is 16.4. The van der Waals surface area contributed by atoms with Crippen LogP contribution in [0.5, 0.6) is 5.75 Å². The summed E-state index contributed by atoms with van der Waals surface area (Å²) in [6.07, 6.45) is 3.42. The molecular formula is C17H24N2O3. The van der Waals surface area contributed by atoms with E-state index >= 15 is 0 Å². The molecule has 0 unspecified atom stereocenters. The molecular weight excluding hydrogens is 280 g/mol. The van der Waals surface area contributed by atoms with Crippen LogP contribution in [0.15, 0.2) is 35.9 Å². The fourth-order valence-corrected chi connectivity index (χ4v) is 1.77. The van der Waals surface area contributed by atoms with E-state index in [9.17, 15) is 9.59 Å². The first-order valence-electron chi connectivity index (χ1n) is 7.42. The van der Waals surface area contributed by atoms with Crippen LogP contribution in [0.2, 0.25) is 0 Å². The third kappa shape index (κ3) is 5.99. The fraction of sp³-hybridized carbons (Fsp3) is 0.412. The highest BCUT2D eigenvalue weighted by Gasteiger charge is 2.05. The molecule has 2 N–H and O–H groups in total. The smallest absolute Gasteiger partial charge is 0.251 e. The Morgan fingerprint density at radius 2 is 1.68 bits per heavy atom. The Morgan fingerprint density at radius 3 is 2.23 bits per heavy atom. The SMILES string of the molecule is C/C=C(\C)C(=O)NCCCCNC(=O)c1ccc(OC)cc1. The van der Waals surface area contributed by atoms with E-state index in [4.69, 9.17) is 4.74 Å². The van der Waals surface area contributed by atoms with Crippen LogP contribution in [-0.4, -0.2) is 32.0 Å². The van der Waals surface area contributed by atoms with Crippen molar-refractivity contribution >= 4 is 11.8 Å². The third-order valence-corrected chi connectivity index (χ3v) is 3.32. The molecule has 22 heavy (non-hydrogen) atoms. The molecule has 2 amide bonds. The highest BCUT2D eigenvalue weighted by Crippen LogP contribution is 2.10. The lowest BCUT2D eigenvalue weighted by Crippen LogP contribution is -2.27. The number of methoxy groups -OCH3 is 1. The van der Waals surface area contributed by atoms with E-state index < -0.39 is 0 Å². The average Bonchev–Trinajstić information content (AvgIpc) is 2.56. The van der Waals surface area contributed by atoms with Crippen molar-refractivity contribution in [1.82, 2.24) is 10.6 Å². The van der Waals surface area contributed by atoms with E-state index in [1.54, 1.807) is 44.4 Å². The number of rotatable bonds is 8. The summed E-state index contributed by atoms with van der Waals surface area (Å²) in [4.78, 5) is 23.4. The Hall–Kier alpha value is -2.30. The first-order chi connectivity index (χ1) is 10.6. The lowest BCUT2D eigenvalue weighted by Gasteiger charge is -2.07. The standard InChI is InChI=1S/C17H24N2O3/c1-4-13(2)16(20)18-11-5-6-12-19-17(21)14-7-9-15(22-3)10-8-14/h4,7-10H,5-6,11-12H2,1-3H3,(H,18,20)(H,19,21)/b13-4+. The van der Waals surface area contributed by atoms with E-state index in [-0.39, 0.29) is 11.8 Å². The van der Waals surface area contributed by atoms with Crippen LogP contribution in [0, 0.1) is 0 Å². The van der Waals surface area contributed by atoms with Gasteiger partial charge in [-0.2, -0.15) is 0 Å². The molecule has 1 aromatic rings. The Bertz CT molecular complexity index is 521. The van der Waals surface area contributed by atoms with Gasteiger partial charge in [-0.05, 0) is 51.0 Å². The highest BCUT2D eigenvalue weighted by atomic mass is 16.5. The van der Waals surface area contributed by atoms with Crippen molar-refractivity contribution in [3.63, 3.8) is 0 Å². The summed E-state index contributed by atoms with van der Waals surface area (Å²) in [6, 6.07) is 6.98. The molecule has 1 rings (SSSR count). The maximum Gasteiger partial charge on any atom is 0.251 e. The second-order valence-corrected chi connectivity index (χ2v) is 4.92. The van der Waals surface area contributed by atoms with Gasteiger partial charge in [-0.15, -0.1) is 0 Å². The molecule has 1 aromatic carbocycles. The molecule has 0 aliphatic rings. The highest BCUT2D eigenvalue weighted by molar-refractivity contribution is 5.94. The average molecular weight is 304 g/mol. The number of hydrogen-bond donors (Lipinski definition) is 2. The van der Waals surface area contributed by atoms with Gasteiger partial charge in [0, 0.05) is 24.2 Å². The number of allylic oxidation sites excluding steroid dienone is 1. The molecule has 0 radical (unpaired) electrons. The fourth-order valence-electron chi connectivity index (χ4n) is 1.77. The summed E-state index contributed by atoms with van der Waals surface area (Å²) in [5.41, 5.74) is 1.32. The first kappa shape index (κ1) is 17.8. The van der Waals surface area contributed by atoms with Crippen molar-refractivity contribution in [2.45, 2.75) is 26.7 Å². The quantitative estimate of drug-likeness (QED) is 0.572. The molecule has 0 spiro atoms. The molecule has 5 nitrogen and oxygen atoms in total.